The zero-order valence-corrected chi connectivity index (χ0v) is 17.5. The molecule has 0 bridgehead atoms. The number of nitrogens with zero attached hydrogens (tertiary/aromatic N) is 3. The highest BCUT2D eigenvalue weighted by Crippen LogP contribution is 2.45. The lowest BCUT2D eigenvalue weighted by Gasteiger charge is -2.35. The van der Waals surface area contributed by atoms with Gasteiger partial charge in [0.05, 0.1) is 13.7 Å². The van der Waals surface area contributed by atoms with Crippen LogP contribution in [0.4, 0.5) is 5.95 Å². The van der Waals surface area contributed by atoms with Gasteiger partial charge in [0.2, 0.25) is 5.95 Å². The van der Waals surface area contributed by atoms with E-state index in [1.165, 1.54) is 11.9 Å². The molecular weight excluding hydrogens is 392 g/mol. The number of hydrogen-bond acceptors (Lipinski definition) is 6. The van der Waals surface area contributed by atoms with Crippen molar-refractivity contribution in [2.24, 2.45) is 0 Å². The highest BCUT2D eigenvalue weighted by atomic mass is 16.5. The molecule has 158 valence electrons. The summed E-state index contributed by atoms with van der Waals surface area (Å²) < 4.78 is 13.0. The Kier molecular flexibility index (Phi) is 4.94. The van der Waals surface area contributed by atoms with Crippen molar-refractivity contribution < 1.29 is 14.3 Å². The van der Waals surface area contributed by atoms with E-state index in [0.29, 0.717) is 30.5 Å². The number of methoxy groups -OCH3 is 1. The standard InChI is InChI=1S/C24H24N4O3/c1-3-31-20-10-9-16(13-21(20)30-2)23-22-18(27-24-25-14-26-28(23)24)11-17(12-19(22)29)15-7-5-4-6-8-15/h4-10,13-14,17,23H,3,11-12H2,1-2H3,(H,25,26,27)/t17-,23+/m1/s1. The minimum atomic E-state index is -0.359. The van der Waals surface area contributed by atoms with E-state index in [2.05, 4.69) is 27.5 Å². The molecule has 0 saturated heterocycles. The number of Topliss-reactive ketones (excluding diaryl/α,β-unsaturated/α-hetero) is 1. The van der Waals surface area contributed by atoms with Crippen molar-refractivity contribution in [3.8, 4) is 11.5 Å². The number of allylic oxidation sites excluding steroid dienone is 2. The topological polar surface area (TPSA) is 78.3 Å². The first kappa shape index (κ1) is 19.4. The van der Waals surface area contributed by atoms with Crippen molar-refractivity contribution >= 4 is 11.7 Å². The first-order chi connectivity index (χ1) is 15.2. The monoisotopic (exact) mass is 416 g/mol. The highest BCUT2D eigenvalue weighted by Gasteiger charge is 2.39. The van der Waals surface area contributed by atoms with Gasteiger partial charge >= 0.3 is 0 Å². The number of nitrogens with one attached hydrogen (secondary N) is 1. The quantitative estimate of drug-likeness (QED) is 0.675. The molecule has 5 rings (SSSR count). The van der Waals surface area contributed by atoms with Crippen LogP contribution in [0.1, 0.15) is 42.9 Å². The van der Waals surface area contributed by atoms with E-state index in [-0.39, 0.29) is 17.7 Å². The minimum Gasteiger partial charge on any atom is -0.493 e. The first-order valence-electron chi connectivity index (χ1n) is 10.5. The lowest BCUT2D eigenvalue weighted by Crippen LogP contribution is -2.33. The molecule has 1 aliphatic heterocycles. The average molecular weight is 416 g/mol. The third-order valence-corrected chi connectivity index (χ3v) is 5.94. The summed E-state index contributed by atoms with van der Waals surface area (Å²) in [5.41, 5.74) is 3.75. The summed E-state index contributed by atoms with van der Waals surface area (Å²) in [6.45, 7) is 2.48. The van der Waals surface area contributed by atoms with E-state index >= 15 is 0 Å². The number of ketones is 1. The third kappa shape index (κ3) is 3.36. The van der Waals surface area contributed by atoms with Crippen LogP contribution in [0.5, 0.6) is 11.5 Å². The fourth-order valence-corrected chi connectivity index (χ4v) is 4.55. The van der Waals surface area contributed by atoms with Crippen LogP contribution in [0.25, 0.3) is 0 Å². The Morgan fingerprint density at radius 3 is 2.71 bits per heavy atom. The zero-order chi connectivity index (χ0) is 21.4. The molecule has 7 nitrogen and oxygen atoms in total. The molecule has 1 aliphatic carbocycles. The predicted molar refractivity (Wildman–Crippen MR) is 116 cm³/mol. The summed E-state index contributed by atoms with van der Waals surface area (Å²) in [6.07, 6.45) is 2.74. The molecular formula is C24H24N4O3. The Balaban J connectivity index is 1.59. The van der Waals surface area contributed by atoms with Gasteiger partial charge in [0, 0.05) is 17.7 Å². The molecule has 2 heterocycles. The number of carbonyl (C=O) groups is 1. The lowest BCUT2D eigenvalue weighted by atomic mass is 9.78. The maximum absolute atomic E-state index is 13.4. The molecule has 7 heteroatoms. The van der Waals surface area contributed by atoms with Gasteiger partial charge in [-0.25, -0.2) is 4.68 Å². The van der Waals surface area contributed by atoms with Crippen molar-refractivity contribution in [3.05, 3.63) is 77.3 Å². The van der Waals surface area contributed by atoms with Crippen molar-refractivity contribution in [3.63, 3.8) is 0 Å². The molecule has 31 heavy (non-hydrogen) atoms. The summed E-state index contributed by atoms with van der Waals surface area (Å²) in [6, 6.07) is 15.6. The molecule has 0 radical (unpaired) electrons. The van der Waals surface area contributed by atoms with Crippen LogP contribution in [-0.4, -0.2) is 34.3 Å². The smallest absolute Gasteiger partial charge is 0.226 e. The number of hydrogen-bond donors (Lipinski definition) is 1. The Bertz CT molecular complexity index is 1150. The fourth-order valence-electron chi connectivity index (χ4n) is 4.55. The van der Waals surface area contributed by atoms with Crippen molar-refractivity contribution in [2.45, 2.75) is 31.7 Å². The summed E-state index contributed by atoms with van der Waals surface area (Å²) in [7, 11) is 1.62. The van der Waals surface area contributed by atoms with Crippen LogP contribution in [-0.2, 0) is 4.79 Å². The average Bonchev–Trinajstić information content (AvgIpc) is 3.27. The van der Waals surface area contributed by atoms with Gasteiger partial charge in [0.25, 0.3) is 0 Å². The lowest BCUT2D eigenvalue weighted by molar-refractivity contribution is -0.116. The van der Waals surface area contributed by atoms with Gasteiger partial charge in [-0.1, -0.05) is 36.4 Å². The van der Waals surface area contributed by atoms with Crippen molar-refractivity contribution in [1.29, 1.82) is 0 Å². The van der Waals surface area contributed by atoms with Gasteiger partial charge in [-0.2, -0.15) is 10.1 Å². The van der Waals surface area contributed by atoms with Gasteiger partial charge in [-0.05, 0) is 42.5 Å². The molecule has 0 spiro atoms. The molecule has 1 aromatic heterocycles. The molecule has 2 aromatic carbocycles. The molecule has 0 fully saturated rings. The van der Waals surface area contributed by atoms with Crippen molar-refractivity contribution in [2.75, 3.05) is 19.0 Å². The second-order valence-corrected chi connectivity index (χ2v) is 7.73. The number of rotatable bonds is 5. The van der Waals surface area contributed by atoms with Gasteiger partial charge in [0.1, 0.15) is 12.4 Å². The van der Waals surface area contributed by atoms with Gasteiger partial charge in [-0.15, -0.1) is 0 Å². The Hall–Kier alpha value is -3.61. The van der Waals surface area contributed by atoms with Crippen LogP contribution in [0.2, 0.25) is 0 Å². The normalized spacial score (nSPS) is 20.0. The van der Waals surface area contributed by atoms with E-state index in [0.717, 1.165) is 23.3 Å². The number of fused-ring (bicyclic) bond motifs is 1. The molecule has 3 aromatic rings. The predicted octanol–water partition coefficient (Wildman–Crippen LogP) is 4.10. The number of carbonyl (C=O) groups excluding carboxylic acids is 1. The SMILES string of the molecule is CCOc1ccc([C@H]2C3=C(C[C@@H](c4ccccc4)CC3=O)Nc3ncnn32)cc1OC. The van der Waals surface area contributed by atoms with E-state index in [4.69, 9.17) is 9.47 Å². The van der Waals surface area contributed by atoms with Gasteiger partial charge in [-0.3, -0.25) is 4.79 Å². The second kappa shape index (κ2) is 7.91. The third-order valence-electron chi connectivity index (χ3n) is 5.94. The molecule has 2 atom stereocenters. The van der Waals surface area contributed by atoms with Crippen LogP contribution in [0.15, 0.2) is 66.1 Å². The maximum Gasteiger partial charge on any atom is 0.226 e. The van der Waals surface area contributed by atoms with Crippen molar-refractivity contribution in [1.82, 2.24) is 14.8 Å². The van der Waals surface area contributed by atoms with E-state index in [9.17, 15) is 4.79 Å². The summed E-state index contributed by atoms with van der Waals surface area (Å²) in [5, 5.41) is 7.78. The van der Waals surface area contributed by atoms with Crippen LogP contribution >= 0.6 is 0 Å². The second-order valence-electron chi connectivity index (χ2n) is 7.73. The van der Waals surface area contributed by atoms with Crippen LogP contribution in [0.3, 0.4) is 0 Å². The van der Waals surface area contributed by atoms with Crippen LogP contribution in [0, 0.1) is 0 Å². The zero-order valence-electron chi connectivity index (χ0n) is 17.5. The maximum atomic E-state index is 13.4. The van der Waals surface area contributed by atoms with Gasteiger partial charge in [0.15, 0.2) is 17.3 Å². The summed E-state index contributed by atoms with van der Waals surface area (Å²) in [4.78, 5) is 17.8. The molecule has 2 aliphatic rings. The number of ether oxygens (including phenoxy) is 2. The minimum absolute atomic E-state index is 0.126. The van der Waals surface area contributed by atoms with Gasteiger partial charge < -0.3 is 14.8 Å². The summed E-state index contributed by atoms with van der Waals surface area (Å²) >= 11 is 0. The summed E-state index contributed by atoms with van der Waals surface area (Å²) in [5.74, 6) is 2.21. The number of benzene rings is 2. The molecule has 0 saturated carbocycles. The number of aromatic nitrogens is 3. The molecule has 0 unspecified atom stereocenters. The Morgan fingerprint density at radius 2 is 1.94 bits per heavy atom. The first-order valence-corrected chi connectivity index (χ1v) is 10.5. The highest BCUT2D eigenvalue weighted by molar-refractivity contribution is 6.00. The largest absolute Gasteiger partial charge is 0.493 e. The molecule has 0 amide bonds. The number of anilines is 1. The Labute approximate surface area is 180 Å². The molecule has 1 N–H and O–H groups in total. The van der Waals surface area contributed by atoms with E-state index in [1.807, 2.05) is 43.3 Å². The van der Waals surface area contributed by atoms with E-state index in [1.54, 1.807) is 11.8 Å². The Morgan fingerprint density at radius 1 is 1.10 bits per heavy atom. The van der Waals surface area contributed by atoms with E-state index < -0.39 is 0 Å². The fraction of sp³-hybridized carbons (Fsp3) is 0.292. The van der Waals surface area contributed by atoms with Crippen LogP contribution < -0.4 is 14.8 Å².